The molecule has 1 aliphatic carbocycles. The van der Waals surface area contributed by atoms with Crippen LogP contribution in [0.4, 0.5) is 5.82 Å². The van der Waals surface area contributed by atoms with E-state index in [1.54, 1.807) is 12.5 Å². The maximum Gasteiger partial charge on any atom is 0.166 e. The Morgan fingerprint density at radius 2 is 1.96 bits per heavy atom. The lowest BCUT2D eigenvalue weighted by Crippen LogP contribution is -2.04. The van der Waals surface area contributed by atoms with Crippen LogP contribution in [-0.2, 0) is 0 Å². The number of benzene rings is 1. The summed E-state index contributed by atoms with van der Waals surface area (Å²) in [4.78, 5) is 8.76. The minimum Gasteiger partial charge on any atom is -0.397 e. The molecule has 1 fully saturated rings. The van der Waals surface area contributed by atoms with Crippen LogP contribution in [0.1, 0.15) is 56.2 Å². The lowest BCUT2D eigenvalue weighted by atomic mass is 9.84. The Morgan fingerprint density at radius 1 is 1.26 bits per heavy atom. The first-order valence-corrected chi connectivity index (χ1v) is 8.32. The molecule has 2 aromatic rings. The first kappa shape index (κ1) is 15.5. The second kappa shape index (κ2) is 6.82. The molecule has 1 aliphatic rings. The van der Waals surface area contributed by atoms with E-state index >= 15 is 0 Å². The number of imidazole rings is 1. The first-order valence-electron chi connectivity index (χ1n) is 8.32. The van der Waals surface area contributed by atoms with E-state index in [-0.39, 0.29) is 0 Å². The third-order valence-electron chi connectivity index (χ3n) is 4.55. The summed E-state index contributed by atoms with van der Waals surface area (Å²) in [5.41, 5.74) is 9.37. The number of hydrogen-bond acceptors (Lipinski definition) is 3. The molecule has 0 spiro atoms. The predicted molar refractivity (Wildman–Crippen MR) is 96.4 cm³/mol. The molecule has 4 nitrogen and oxygen atoms in total. The summed E-state index contributed by atoms with van der Waals surface area (Å²) in [5.74, 6) is 1.44. The van der Waals surface area contributed by atoms with Gasteiger partial charge < -0.3 is 5.73 Å². The van der Waals surface area contributed by atoms with Gasteiger partial charge in [0, 0.05) is 11.9 Å². The average Bonchev–Trinajstić information content (AvgIpc) is 3.00. The maximum atomic E-state index is 5.81. The minimum atomic E-state index is 0.433. The molecule has 0 bridgehead atoms. The molecule has 1 aromatic heterocycles. The Kier molecular flexibility index (Phi) is 4.60. The summed E-state index contributed by atoms with van der Waals surface area (Å²) in [6, 6.07) is 8.76. The standard InChI is InChI=1S/C19H24N4/c1-3-21-19-18(14(2)20)22-13-23(19)17-11-9-16(10-12-17)15-7-5-4-6-8-15/h3,9-13,15H,2,4-8,20H2,1H3/b21-3-. The van der Waals surface area contributed by atoms with Crippen LogP contribution in [0, 0.1) is 0 Å². The Hall–Kier alpha value is -2.36. The van der Waals surface area contributed by atoms with Crippen molar-refractivity contribution in [3.05, 3.63) is 48.4 Å². The predicted octanol–water partition coefficient (Wildman–Crippen LogP) is 4.57. The zero-order valence-electron chi connectivity index (χ0n) is 13.7. The van der Waals surface area contributed by atoms with Crippen molar-refractivity contribution in [2.24, 2.45) is 10.7 Å². The van der Waals surface area contributed by atoms with Crippen LogP contribution in [-0.4, -0.2) is 15.8 Å². The van der Waals surface area contributed by atoms with Gasteiger partial charge >= 0.3 is 0 Å². The number of hydrogen-bond donors (Lipinski definition) is 1. The Balaban J connectivity index is 1.91. The molecule has 2 N–H and O–H groups in total. The van der Waals surface area contributed by atoms with Crippen molar-refractivity contribution < 1.29 is 0 Å². The van der Waals surface area contributed by atoms with Crippen LogP contribution >= 0.6 is 0 Å². The third kappa shape index (κ3) is 3.21. The van der Waals surface area contributed by atoms with Crippen molar-refractivity contribution in [1.82, 2.24) is 9.55 Å². The molecule has 1 heterocycles. The van der Waals surface area contributed by atoms with Crippen LogP contribution in [0.15, 0.2) is 42.2 Å². The quantitative estimate of drug-likeness (QED) is 0.841. The number of aliphatic imine (C=N–C) groups is 1. The molecule has 120 valence electrons. The van der Waals surface area contributed by atoms with Crippen LogP contribution in [0.25, 0.3) is 11.4 Å². The van der Waals surface area contributed by atoms with E-state index in [0.717, 1.165) is 11.5 Å². The van der Waals surface area contributed by atoms with Crippen molar-refractivity contribution >= 4 is 17.7 Å². The first-order chi connectivity index (χ1) is 11.2. The highest BCUT2D eigenvalue weighted by atomic mass is 15.1. The lowest BCUT2D eigenvalue weighted by molar-refractivity contribution is 0.443. The van der Waals surface area contributed by atoms with Gasteiger partial charge in [0.25, 0.3) is 0 Å². The molecule has 1 saturated carbocycles. The summed E-state index contributed by atoms with van der Waals surface area (Å²) in [7, 11) is 0. The van der Waals surface area contributed by atoms with E-state index in [1.807, 2.05) is 11.5 Å². The average molecular weight is 308 g/mol. The Bertz CT molecular complexity index is 703. The monoisotopic (exact) mass is 308 g/mol. The molecule has 0 atom stereocenters. The van der Waals surface area contributed by atoms with Gasteiger partial charge in [0.15, 0.2) is 5.82 Å². The fourth-order valence-corrected chi connectivity index (χ4v) is 3.35. The van der Waals surface area contributed by atoms with Gasteiger partial charge in [-0.15, -0.1) is 0 Å². The molecule has 0 amide bonds. The normalized spacial score (nSPS) is 16.0. The van der Waals surface area contributed by atoms with E-state index in [1.165, 1.54) is 37.7 Å². The summed E-state index contributed by atoms with van der Waals surface area (Å²) in [6.45, 7) is 5.66. The third-order valence-corrected chi connectivity index (χ3v) is 4.55. The van der Waals surface area contributed by atoms with E-state index in [4.69, 9.17) is 5.73 Å². The van der Waals surface area contributed by atoms with E-state index < -0.39 is 0 Å². The Labute approximate surface area is 137 Å². The number of aromatic nitrogens is 2. The highest BCUT2D eigenvalue weighted by molar-refractivity contribution is 5.71. The van der Waals surface area contributed by atoms with E-state index in [2.05, 4.69) is 40.8 Å². The van der Waals surface area contributed by atoms with E-state index in [0.29, 0.717) is 17.3 Å². The fourth-order valence-electron chi connectivity index (χ4n) is 3.35. The van der Waals surface area contributed by atoms with Crippen LogP contribution in [0.5, 0.6) is 0 Å². The minimum absolute atomic E-state index is 0.433. The zero-order chi connectivity index (χ0) is 16.2. The molecular weight excluding hydrogens is 284 g/mol. The highest BCUT2D eigenvalue weighted by Crippen LogP contribution is 2.33. The second-order valence-corrected chi connectivity index (χ2v) is 6.13. The van der Waals surface area contributed by atoms with Crippen molar-refractivity contribution in [2.75, 3.05) is 0 Å². The smallest absolute Gasteiger partial charge is 0.166 e. The van der Waals surface area contributed by atoms with Crippen molar-refractivity contribution in [3.8, 4) is 5.69 Å². The number of nitrogens with zero attached hydrogens (tertiary/aromatic N) is 3. The number of nitrogens with two attached hydrogens (primary N) is 1. The van der Waals surface area contributed by atoms with Gasteiger partial charge in [0.2, 0.25) is 0 Å². The highest BCUT2D eigenvalue weighted by Gasteiger charge is 2.16. The SMILES string of the molecule is C=C(N)c1ncn(-c2ccc(C3CCCCC3)cc2)c1/N=C\C. The van der Waals surface area contributed by atoms with Gasteiger partial charge in [-0.2, -0.15) is 0 Å². The molecule has 1 aromatic carbocycles. The largest absolute Gasteiger partial charge is 0.397 e. The Morgan fingerprint density at radius 3 is 2.57 bits per heavy atom. The van der Waals surface area contributed by atoms with Gasteiger partial charge in [0.05, 0.1) is 5.70 Å². The van der Waals surface area contributed by atoms with Gasteiger partial charge in [-0.25, -0.2) is 9.98 Å². The molecule has 0 saturated heterocycles. The summed E-state index contributed by atoms with van der Waals surface area (Å²) >= 11 is 0. The molecule has 0 radical (unpaired) electrons. The number of rotatable bonds is 4. The molecule has 23 heavy (non-hydrogen) atoms. The second-order valence-electron chi connectivity index (χ2n) is 6.13. The van der Waals surface area contributed by atoms with Crippen molar-refractivity contribution in [2.45, 2.75) is 44.9 Å². The van der Waals surface area contributed by atoms with Crippen LogP contribution in [0.3, 0.4) is 0 Å². The summed E-state index contributed by atoms with van der Waals surface area (Å²) in [6.07, 6.45) is 10.2. The van der Waals surface area contributed by atoms with Gasteiger partial charge in [0.1, 0.15) is 12.0 Å². The zero-order valence-corrected chi connectivity index (χ0v) is 13.7. The van der Waals surface area contributed by atoms with E-state index in [9.17, 15) is 0 Å². The van der Waals surface area contributed by atoms with Gasteiger partial charge in [-0.3, -0.25) is 4.57 Å². The van der Waals surface area contributed by atoms with Crippen molar-refractivity contribution in [1.29, 1.82) is 0 Å². The topological polar surface area (TPSA) is 56.2 Å². The van der Waals surface area contributed by atoms with Gasteiger partial charge in [-0.05, 0) is 43.4 Å². The fraction of sp³-hybridized carbons (Fsp3) is 0.368. The van der Waals surface area contributed by atoms with Crippen LogP contribution in [0.2, 0.25) is 0 Å². The summed E-state index contributed by atoms with van der Waals surface area (Å²) < 4.78 is 1.96. The van der Waals surface area contributed by atoms with Crippen LogP contribution < -0.4 is 5.73 Å². The lowest BCUT2D eigenvalue weighted by Gasteiger charge is -2.22. The van der Waals surface area contributed by atoms with Gasteiger partial charge in [-0.1, -0.05) is 38.0 Å². The molecular formula is C19H24N4. The molecule has 0 unspecified atom stereocenters. The molecule has 4 heteroatoms. The molecule has 3 rings (SSSR count). The maximum absolute atomic E-state index is 5.81. The molecule has 0 aliphatic heterocycles. The summed E-state index contributed by atoms with van der Waals surface area (Å²) in [5, 5.41) is 0. The van der Waals surface area contributed by atoms with Crippen molar-refractivity contribution in [3.63, 3.8) is 0 Å².